The summed E-state index contributed by atoms with van der Waals surface area (Å²) in [6, 6.07) is 67.1. The van der Waals surface area contributed by atoms with Gasteiger partial charge in [-0.1, -0.05) is 158 Å². The lowest BCUT2D eigenvalue weighted by atomic mass is 9.91. The second-order valence-corrected chi connectivity index (χ2v) is 12.9. The molecule has 10 aromatic rings. The summed E-state index contributed by atoms with van der Waals surface area (Å²) in [5.41, 5.74) is 7.41. The molecule has 0 bridgehead atoms. The number of fused-ring (bicyclic) bond motifs is 11. The zero-order valence-corrected chi connectivity index (χ0v) is 26.3. The van der Waals surface area contributed by atoms with E-state index in [9.17, 15) is 0 Å². The van der Waals surface area contributed by atoms with Crippen molar-refractivity contribution in [1.82, 2.24) is 0 Å². The second-order valence-electron chi connectivity index (χ2n) is 12.9. The van der Waals surface area contributed by atoms with Crippen molar-refractivity contribution >= 4 is 64.6 Å². The summed E-state index contributed by atoms with van der Waals surface area (Å²) in [6.07, 6.45) is 0. The van der Waals surface area contributed by atoms with E-state index in [1.165, 1.54) is 98.0 Å². The summed E-state index contributed by atoms with van der Waals surface area (Å²) in [7, 11) is 0. The monoisotopic (exact) mass is 606 g/mol. The van der Waals surface area contributed by atoms with Gasteiger partial charge in [0, 0.05) is 0 Å². The van der Waals surface area contributed by atoms with Crippen LogP contribution in [0.25, 0.3) is 98.0 Å². The Labute approximate surface area is 279 Å². The molecule has 0 saturated heterocycles. The van der Waals surface area contributed by atoms with Crippen LogP contribution in [0.2, 0.25) is 0 Å². The number of rotatable bonds is 3. The van der Waals surface area contributed by atoms with Crippen LogP contribution >= 0.6 is 0 Å². The van der Waals surface area contributed by atoms with E-state index in [0.29, 0.717) is 0 Å². The van der Waals surface area contributed by atoms with Crippen LogP contribution in [0.3, 0.4) is 0 Å². The first-order valence-corrected chi connectivity index (χ1v) is 16.7. The molecule has 0 N–H and O–H groups in total. The maximum absolute atomic E-state index is 2.38. The lowest BCUT2D eigenvalue weighted by Gasteiger charge is -2.13. The zero-order chi connectivity index (χ0) is 31.6. The van der Waals surface area contributed by atoms with Gasteiger partial charge in [-0.25, -0.2) is 0 Å². The van der Waals surface area contributed by atoms with Gasteiger partial charge < -0.3 is 0 Å². The smallest absolute Gasteiger partial charge is 0.00928 e. The van der Waals surface area contributed by atoms with Crippen LogP contribution in [-0.2, 0) is 0 Å². The summed E-state index contributed by atoms with van der Waals surface area (Å²) >= 11 is 0. The first-order valence-electron chi connectivity index (χ1n) is 16.7. The molecule has 0 atom stereocenters. The Morgan fingerprint density at radius 1 is 0.167 bits per heavy atom. The molecule has 0 aliphatic carbocycles. The molecule has 0 aliphatic rings. The van der Waals surface area contributed by atoms with Crippen LogP contribution in [0.15, 0.2) is 182 Å². The van der Waals surface area contributed by atoms with Crippen molar-refractivity contribution in [1.29, 1.82) is 0 Å². The minimum atomic E-state index is 1.23. The van der Waals surface area contributed by atoms with Crippen molar-refractivity contribution in [3.63, 3.8) is 0 Å². The van der Waals surface area contributed by atoms with Gasteiger partial charge in [0.15, 0.2) is 0 Å². The Balaban J connectivity index is 1.07. The summed E-state index contributed by atoms with van der Waals surface area (Å²) in [4.78, 5) is 0. The van der Waals surface area contributed by atoms with Gasteiger partial charge in [0.05, 0.1) is 0 Å². The van der Waals surface area contributed by atoms with Crippen LogP contribution in [-0.4, -0.2) is 0 Å². The number of benzene rings is 10. The molecule has 0 nitrogen and oxygen atoms in total. The molecule has 0 aromatic heterocycles. The maximum atomic E-state index is 2.38. The highest BCUT2D eigenvalue weighted by molar-refractivity contribution is 6.26. The molecular weight excluding hydrogens is 577 g/mol. The van der Waals surface area contributed by atoms with E-state index in [1.54, 1.807) is 0 Å². The third-order valence-electron chi connectivity index (χ3n) is 10.2. The van der Waals surface area contributed by atoms with E-state index in [0.717, 1.165) is 0 Å². The summed E-state index contributed by atoms with van der Waals surface area (Å²) in [5, 5.41) is 15.5. The van der Waals surface area contributed by atoms with Gasteiger partial charge in [-0.3, -0.25) is 0 Å². The Morgan fingerprint density at radius 2 is 0.562 bits per heavy atom. The molecule has 0 heterocycles. The van der Waals surface area contributed by atoms with Crippen molar-refractivity contribution < 1.29 is 0 Å². The van der Waals surface area contributed by atoms with Gasteiger partial charge in [0.1, 0.15) is 0 Å². The van der Waals surface area contributed by atoms with E-state index < -0.39 is 0 Å². The average molecular weight is 607 g/mol. The fourth-order valence-electron chi connectivity index (χ4n) is 7.83. The lowest BCUT2D eigenvalue weighted by molar-refractivity contribution is 1.62. The predicted octanol–water partition coefficient (Wildman–Crippen LogP) is 13.6. The standard InChI is InChI=1S/C48H30/c1-2-9-31(10-3-1)36-18-17-32-19-24-44-39-23-20-35(28-38(39)22-26-45(44)47(32)29-36)33-11-8-12-34(27-33)37-21-25-46-42-15-5-4-13-40(42)41-14-6-7-16-43(41)48(46)30-37/h1-30H. The van der Waals surface area contributed by atoms with Crippen LogP contribution in [0.5, 0.6) is 0 Å². The van der Waals surface area contributed by atoms with Crippen LogP contribution < -0.4 is 0 Å². The summed E-state index contributed by atoms with van der Waals surface area (Å²) in [6.45, 7) is 0. The number of hydrogen-bond acceptors (Lipinski definition) is 0. The molecule has 0 amide bonds. The minimum Gasteiger partial charge on any atom is -0.0622 e. The lowest BCUT2D eigenvalue weighted by Crippen LogP contribution is -1.86. The minimum absolute atomic E-state index is 1.23. The Hall–Kier alpha value is -6.24. The van der Waals surface area contributed by atoms with Gasteiger partial charge >= 0.3 is 0 Å². The summed E-state index contributed by atoms with van der Waals surface area (Å²) in [5.74, 6) is 0. The Kier molecular flexibility index (Phi) is 5.98. The van der Waals surface area contributed by atoms with Gasteiger partial charge in [0.25, 0.3) is 0 Å². The Bertz CT molecular complexity index is 2840. The van der Waals surface area contributed by atoms with E-state index in [1.807, 2.05) is 0 Å². The fourth-order valence-corrected chi connectivity index (χ4v) is 7.83. The predicted molar refractivity (Wildman–Crippen MR) is 208 cm³/mol. The van der Waals surface area contributed by atoms with E-state index in [2.05, 4.69) is 182 Å². The van der Waals surface area contributed by atoms with Gasteiger partial charge in [0.2, 0.25) is 0 Å². The molecule has 10 rings (SSSR count). The number of hydrogen-bond donors (Lipinski definition) is 0. The van der Waals surface area contributed by atoms with Gasteiger partial charge in [-0.15, -0.1) is 0 Å². The molecule has 0 unspecified atom stereocenters. The van der Waals surface area contributed by atoms with Gasteiger partial charge in [-0.2, -0.15) is 0 Å². The largest absolute Gasteiger partial charge is 0.0622 e. The maximum Gasteiger partial charge on any atom is -0.00928 e. The fraction of sp³-hybridized carbons (Fsp3) is 0. The molecule has 0 saturated carbocycles. The quantitative estimate of drug-likeness (QED) is 0.176. The molecule has 0 spiro atoms. The highest BCUT2D eigenvalue weighted by atomic mass is 14.2. The molecule has 0 aliphatic heterocycles. The average Bonchev–Trinajstić information content (AvgIpc) is 3.17. The van der Waals surface area contributed by atoms with Crippen molar-refractivity contribution in [2.24, 2.45) is 0 Å². The topological polar surface area (TPSA) is 0 Å². The first-order chi connectivity index (χ1) is 23.8. The third kappa shape index (κ3) is 4.24. The third-order valence-corrected chi connectivity index (χ3v) is 10.2. The van der Waals surface area contributed by atoms with E-state index in [-0.39, 0.29) is 0 Å². The van der Waals surface area contributed by atoms with Crippen molar-refractivity contribution in [2.45, 2.75) is 0 Å². The molecule has 0 radical (unpaired) electrons. The molecule has 222 valence electrons. The normalized spacial score (nSPS) is 11.8. The van der Waals surface area contributed by atoms with Crippen molar-refractivity contribution in [3.05, 3.63) is 182 Å². The molecule has 10 aromatic carbocycles. The molecule has 0 fully saturated rings. The highest BCUT2D eigenvalue weighted by Crippen LogP contribution is 2.39. The van der Waals surface area contributed by atoms with E-state index >= 15 is 0 Å². The van der Waals surface area contributed by atoms with Gasteiger partial charge in [-0.05, 0) is 122 Å². The van der Waals surface area contributed by atoms with Crippen molar-refractivity contribution in [2.75, 3.05) is 0 Å². The molecule has 48 heavy (non-hydrogen) atoms. The SMILES string of the molecule is c1ccc(-c2ccc3ccc4c5ccc(-c6cccc(-c7ccc8c9ccccc9c9ccccc9c8c7)c6)cc5ccc4c3c2)cc1. The highest BCUT2D eigenvalue weighted by Gasteiger charge is 2.12. The summed E-state index contributed by atoms with van der Waals surface area (Å²) < 4.78 is 0. The van der Waals surface area contributed by atoms with Crippen LogP contribution in [0.1, 0.15) is 0 Å². The van der Waals surface area contributed by atoms with Crippen LogP contribution in [0.4, 0.5) is 0 Å². The zero-order valence-electron chi connectivity index (χ0n) is 26.3. The Morgan fingerprint density at radius 3 is 1.27 bits per heavy atom. The second kappa shape index (κ2) is 10.7. The molecular formula is C48H30. The van der Waals surface area contributed by atoms with Crippen LogP contribution in [0, 0.1) is 0 Å². The molecule has 0 heteroatoms. The first kappa shape index (κ1) is 26.9. The van der Waals surface area contributed by atoms with E-state index in [4.69, 9.17) is 0 Å². The van der Waals surface area contributed by atoms with Crippen molar-refractivity contribution in [3.8, 4) is 33.4 Å².